The first-order valence-electron chi connectivity index (χ1n) is 12.0. The normalized spacial score (nSPS) is 39.1. The quantitative estimate of drug-likeness (QED) is 0.489. The number of nitrogens with one attached hydrogen (secondary N) is 2. The number of carbonyl (C=O) groups is 1. The van der Waals surface area contributed by atoms with Crippen LogP contribution in [0.4, 0.5) is 19.0 Å². The topological polar surface area (TPSA) is 117 Å². The predicted octanol–water partition coefficient (Wildman–Crippen LogP) is 2.12. The minimum absolute atomic E-state index is 0.0551. The summed E-state index contributed by atoms with van der Waals surface area (Å²) in [5.41, 5.74) is -1.06. The lowest BCUT2D eigenvalue weighted by Crippen LogP contribution is -2.58. The van der Waals surface area contributed by atoms with E-state index >= 15 is 0 Å². The van der Waals surface area contributed by atoms with Crippen molar-refractivity contribution in [2.45, 2.75) is 75.5 Å². The molecule has 1 aromatic rings. The molecule has 6 rings (SSSR count). The van der Waals surface area contributed by atoms with E-state index in [1.54, 1.807) is 0 Å². The van der Waals surface area contributed by atoms with Crippen molar-refractivity contribution in [3.05, 3.63) is 18.1 Å². The molecule has 188 valence electrons. The number of aromatic nitrogens is 2. The third-order valence-corrected chi connectivity index (χ3v) is 8.09. The maximum atomic E-state index is 12.8. The number of carbonyl (C=O) groups excluding carboxylic acids is 1. The van der Waals surface area contributed by atoms with E-state index in [2.05, 4.69) is 20.6 Å². The van der Waals surface area contributed by atoms with Crippen molar-refractivity contribution in [3.8, 4) is 0 Å². The third-order valence-electron chi connectivity index (χ3n) is 8.09. The maximum absolute atomic E-state index is 12.8. The highest BCUT2D eigenvalue weighted by atomic mass is 19.4. The molecule has 5 aliphatic rings. The molecule has 1 amide bonds. The summed E-state index contributed by atoms with van der Waals surface area (Å²) in [6, 6.07) is -0.883. The first kappa shape index (κ1) is 23.7. The zero-order chi connectivity index (χ0) is 24.1. The van der Waals surface area contributed by atoms with Crippen molar-refractivity contribution in [1.29, 1.82) is 0 Å². The van der Waals surface area contributed by atoms with E-state index in [0.29, 0.717) is 12.6 Å². The highest BCUT2D eigenvalue weighted by Gasteiger charge is 2.51. The standard InChI is InChI=1S/C23H31F3N4O4/c24-23(25,26)17-9-27-10-18(30-17)29-15-11-34-16(21(33)20(15)32)8-28-19(31)7-22-4-12-1-13(5-22)3-14(2-12)6-22/h9-10,12-16,20-21,32-33H,1-8,11H2,(H,28,31)(H,29,30)/t12?,13?,14?,15-,16+,20+,21-,22?/m0/s1. The summed E-state index contributed by atoms with van der Waals surface area (Å²) in [6.07, 6.45) is 1.37. The Bertz CT molecular complexity index is 879. The number of hydrogen-bond acceptors (Lipinski definition) is 7. The number of aliphatic hydroxyl groups is 2. The number of aliphatic hydroxyl groups excluding tert-OH is 2. The molecule has 0 aromatic carbocycles. The molecule has 4 aliphatic carbocycles. The average molecular weight is 485 g/mol. The van der Waals surface area contributed by atoms with Gasteiger partial charge in [-0.3, -0.25) is 9.78 Å². The van der Waals surface area contributed by atoms with Gasteiger partial charge >= 0.3 is 6.18 Å². The van der Waals surface area contributed by atoms with Crippen LogP contribution < -0.4 is 10.6 Å². The minimum atomic E-state index is -4.65. The van der Waals surface area contributed by atoms with Crippen LogP contribution in [0.1, 0.15) is 50.6 Å². The van der Waals surface area contributed by atoms with E-state index in [4.69, 9.17) is 4.74 Å². The molecule has 4 atom stereocenters. The van der Waals surface area contributed by atoms with Gasteiger partial charge < -0.3 is 25.6 Å². The molecule has 0 radical (unpaired) electrons. The molecule has 1 aromatic heterocycles. The Morgan fingerprint density at radius 3 is 2.35 bits per heavy atom. The van der Waals surface area contributed by atoms with Crippen LogP contribution in [0.5, 0.6) is 0 Å². The van der Waals surface area contributed by atoms with Gasteiger partial charge in [0.25, 0.3) is 0 Å². The van der Waals surface area contributed by atoms with E-state index in [1.807, 2.05) is 0 Å². The van der Waals surface area contributed by atoms with Gasteiger partial charge in [-0.15, -0.1) is 0 Å². The van der Waals surface area contributed by atoms with Crippen molar-refractivity contribution in [2.24, 2.45) is 23.2 Å². The lowest BCUT2D eigenvalue weighted by Gasteiger charge is -2.56. The molecule has 2 heterocycles. The molecule has 0 unspecified atom stereocenters. The van der Waals surface area contributed by atoms with Crippen LogP contribution in [0.3, 0.4) is 0 Å². The van der Waals surface area contributed by atoms with Crippen LogP contribution in [-0.4, -0.2) is 63.6 Å². The Labute approximate surface area is 195 Å². The second-order valence-electron chi connectivity index (χ2n) is 10.8. The largest absolute Gasteiger partial charge is 0.434 e. The van der Waals surface area contributed by atoms with Crippen LogP contribution in [0, 0.1) is 23.2 Å². The fourth-order valence-electron chi connectivity index (χ4n) is 7.08. The summed E-state index contributed by atoms with van der Waals surface area (Å²) in [5.74, 6) is 2.01. The highest BCUT2D eigenvalue weighted by Crippen LogP contribution is 2.61. The molecule has 4 N–H and O–H groups in total. The first-order valence-corrected chi connectivity index (χ1v) is 12.0. The number of halogens is 3. The Morgan fingerprint density at radius 2 is 1.74 bits per heavy atom. The second kappa shape index (κ2) is 8.91. The number of hydrogen-bond donors (Lipinski definition) is 4. The van der Waals surface area contributed by atoms with E-state index in [9.17, 15) is 28.2 Å². The van der Waals surface area contributed by atoms with Crippen LogP contribution in [0.25, 0.3) is 0 Å². The van der Waals surface area contributed by atoms with Gasteiger partial charge in [-0.25, -0.2) is 4.98 Å². The zero-order valence-corrected chi connectivity index (χ0v) is 18.8. The lowest BCUT2D eigenvalue weighted by atomic mass is 9.49. The monoisotopic (exact) mass is 484 g/mol. The Balaban J connectivity index is 1.12. The predicted molar refractivity (Wildman–Crippen MR) is 114 cm³/mol. The van der Waals surface area contributed by atoms with Crippen LogP contribution in [-0.2, 0) is 15.7 Å². The summed E-state index contributed by atoms with van der Waals surface area (Å²) >= 11 is 0. The van der Waals surface area contributed by atoms with Crippen molar-refractivity contribution in [3.63, 3.8) is 0 Å². The summed E-state index contributed by atoms with van der Waals surface area (Å²) < 4.78 is 44.2. The zero-order valence-electron chi connectivity index (χ0n) is 18.8. The van der Waals surface area contributed by atoms with Gasteiger partial charge in [-0.05, 0) is 61.7 Å². The van der Waals surface area contributed by atoms with Gasteiger partial charge in [0, 0.05) is 13.0 Å². The Morgan fingerprint density at radius 1 is 1.09 bits per heavy atom. The number of rotatable bonds is 6. The molecule has 4 bridgehead atoms. The number of ether oxygens (including phenoxy) is 1. The smallest absolute Gasteiger partial charge is 0.388 e. The van der Waals surface area contributed by atoms with Gasteiger partial charge in [-0.1, -0.05) is 0 Å². The summed E-state index contributed by atoms with van der Waals surface area (Å²) in [7, 11) is 0. The van der Waals surface area contributed by atoms with Crippen LogP contribution >= 0.6 is 0 Å². The van der Waals surface area contributed by atoms with Crippen LogP contribution in [0.15, 0.2) is 12.4 Å². The number of amides is 1. The number of nitrogens with zero attached hydrogens (tertiary/aromatic N) is 2. The van der Waals surface area contributed by atoms with Crippen molar-refractivity contribution in [1.82, 2.24) is 15.3 Å². The molecule has 5 fully saturated rings. The van der Waals surface area contributed by atoms with Gasteiger partial charge in [0.15, 0.2) is 5.69 Å². The van der Waals surface area contributed by atoms with Gasteiger partial charge in [0.05, 0.1) is 25.0 Å². The van der Waals surface area contributed by atoms with Crippen molar-refractivity contribution in [2.75, 3.05) is 18.5 Å². The maximum Gasteiger partial charge on any atom is 0.434 e. The highest BCUT2D eigenvalue weighted by molar-refractivity contribution is 5.76. The molecule has 0 spiro atoms. The molecule has 34 heavy (non-hydrogen) atoms. The second-order valence-corrected chi connectivity index (χ2v) is 10.8. The summed E-state index contributed by atoms with van der Waals surface area (Å²) in [4.78, 5) is 19.7. The fraction of sp³-hybridized carbons (Fsp3) is 0.783. The van der Waals surface area contributed by atoms with E-state index in [0.717, 1.165) is 43.2 Å². The van der Waals surface area contributed by atoms with E-state index in [1.165, 1.54) is 19.3 Å². The lowest BCUT2D eigenvalue weighted by molar-refractivity contribution is -0.144. The molecule has 11 heteroatoms. The SMILES string of the molecule is O=C(CC12CC3CC(CC(C3)C1)C2)NC[C@H]1OC[C@H](Nc2cncc(C(F)(F)F)n2)[C@@H](O)[C@H]1O. The Kier molecular flexibility index (Phi) is 6.22. The summed E-state index contributed by atoms with van der Waals surface area (Å²) in [6.45, 7) is -0.0226. The molecular formula is C23H31F3N4O4. The van der Waals surface area contributed by atoms with Gasteiger partial charge in [0.1, 0.15) is 24.1 Å². The minimum Gasteiger partial charge on any atom is -0.388 e. The molecule has 8 nitrogen and oxygen atoms in total. The number of alkyl halides is 3. The molecule has 1 saturated heterocycles. The molecule has 4 saturated carbocycles. The van der Waals surface area contributed by atoms with Gasteiger partial charge in [0.2, 0.25) is 5.91 Å². The third kappa shape index (κ3) is 4.87. The first-order chi connectivity index (χ1) is 16.1. The average Bonchev–Trinajstić information content (AvgIpc) is 2.75. The van der Waals surface area contributed by atoms with E-state index in [-0.39, 0.29) is 30.3 Å². The fourth-order valence-corrected chi connectivity index (χ4v) is 7.08. The summed E-state index contributed by atoms with van der Waals surface area (Å²) in [5, 5.41) is 26.5. The van der Waals surface area contributed by atoms with E-state index < -0.39 is 36.2 Å². The van der Waals surface area contributed by atoms with Gasteiger partial charge in [-0.2, -0.15) is 13.2 Å². The molecular weight excluding hydrogens is 453 g/mol. The van der Waals surface area contributed by atoms with Crippen LogP contribution in [0.2, 0.25) is 0 Å². The Hall–Kier alpha value is -1.98. The molecule has 1 aliphatic heterocycles. The van der Waals surface area contributed by atoms with Crippen molar-refractivity contribution >= 4 is 11.7 Å². The van der Waals surface area contributed by atoms with Crippen molar-refractivity contribution < 1.29 is 32.9 Å². The number of anilines is 1.